The fourth-order valence-corrected chi connectivity index (χ4v) is 8.37. The van der Waals surface area contributed by atoms with Crippen LogP contribution >= 0.6 is 0 Å². The number of rotatable bonds is 5. The summed E-state index contributed by atoms with van der Waals surface area (Å²) in [7, 11) is 0. The number of aromatic nitrogens is 4. The maximum atomic E-state index is 5.11. The van der Waals surface area contributed by atoms with Gasteiger partial charge in [-0.15, -0.1) is 0 Å². The highest BCUT2D eigenvalue weighted by atomic mass is 15.0. The van der Waals surface area contributed by atoms with Crippen LogP contribution in [0.1, 0.15) is 5.56 Å². The van der Waals surface area contributed by atoms with Crippen LogP contribution in [-0.4, -0.2) is 19.1 Å². The molecule has 0 aliphatic rings. The van der Waals surface area contributed by atoms with Crippen molar-refractivity contribution in [3.8, 4) is 45.3 Å². The minimum Gasteiger partial charge on any atom is -0.309 e. The smallest absolute Gasteiger partial charge is 0.160 e. The molecule has 4 nitrogen and oxygen atoms in total. The van der Waals surface area contributed by atoms with Crippen LogP contribution in [0.4, 0.5) is 0 Å². The molecule has 0 saturated carbocycles. The molecule has 0 unspecified atom stereocenters. The maximum Gasteiger partial charge on any atom is 0.160 e. The van der Waals surface area contributed by atoms with Gasteiger partial charge in [-0.3, -0.25) is 0 Å². The third kappa shape index (κ3) is 5.07. The maximum absolute atomic E-state index is 5.11. The summed E-state index contributed by atoms with van der Waals surface area (Å²) in [5.41, 5.74) is 13.2. The molecule has 0 aliphatic heterocycles. The predicted octanol–water partition coefficient (Wildman–Crippen LogP) is 13.1. The largest absolute Gasteiger partial charge is 0.309 e. The van der Waals surface area contributed by atoms with Crippen LogP contribution in [0.3, 0.4) is 0 Å². The molecule has 0 aliphatic carbocycles. The zero-order chi connectivity index (χ0) is 36.5. The molecule has 55 heavy (non-hydrogen) atoms. The summed E-state index contributed by atoms with van der Waals surface area (Å²) in [6, 6.07) is 67.2. The number of aryl methyl sites for hydroxylation is 1. The molecule has 0 amide bonds. The quantitative estimate of drug-likeness (QED) is 0.179. The Labute approximate surface area is 318 Å². The van der Waals surface area contributed by atoms with Crippen molar-refractivity contribution in [1.82, 2.24) is 19.1 Å². The first-order valence-corrected chi connectivity index (χ1v) is 18.7. The van der Waals surface area contributed by atoms with E-state index in [2.05, 4.69) is 198 Å². The van der Waals surface area contributed by atoms with E-state index in [0.717, 1.165) is 50.2 Å². The van der Waals surface area contributed by atoms with Crippen molar-refractivity contribution in [2.24, 2.45) is 0 Å². The highest BCUT2D eigenvalue weighted by Crippen LogP contribution is 2.42. The zero-order valence-electron chi connectivity index (χ0n) is 30.2. The first-order valence-electron chi connectivity index (χ1n) is 18.7. The Hall–Kier alpha value is -7.30. The van der Waals surface area contributed by atoms with Gasteiger partial charge in [-0.25, -0.2) is 9.97 Å². The van der Waals surface area contributed by atoms with Crippen molar-refractivity contribution in [2.45, 2.75) is 6.92 Å². The SMILES string of the molecule is Cc1ccc(-c2cc(-c3ccccc3)nc(-c3ccc4cc(-n5c6ccccc6c6c7c8ccccc8n(-c8ccccc8)c7ccc65)ccc4c3)n2)cc1. The second kappa shape index (κ2) is 12.4. The van der Waals surface area contributed by atoms with E-state index >= 15 is 0 Å². The van der Waals surface area contributed by atoms with Gasteiger partial charge in [0.15, 0.2) is 5.82 Å². The standard InChI is InChI=1S/C51H34N4/c1-33-20-22-35(23-21-33)44-32-43(34-12-4-2-5-13-34)52-51(53-44)38-25-24-37-31-40(27-26-36(37)30-38)55-46-19-11-9-17-42(46)50-48(55)29-28-47-49(50)41-16-8-10-18-45(41)54(47)39-14-6-3-7-15-39/h2-32H,1H3. The molecule has 0 saturated heterocycles. The predicted molar refractivity (Wildman–Crippen MR) is 229 cm³/mol. The van der Waals surface area contributed by atoms with Gasteiger partial charge in [-0.2, -0.15) is 0 Å². The van der Waals surface area contributed by atoms with E-state index < -0.39 is 0 Å². The average Bonchev–Trinajstić information content (AvgIpc) is 3.77. The Kier molecular flexibility index (Phi) is 7.04. The van der Waals surface area contributed by atoms with Gasteiger partial charge >= 0.3 is 0 Å². The lowest BCUT2D eigenvalue weighted by molar-refractivity contribution is 1.17. The number of benzene rings is 8. The third-order valence-electron chi connectivity index (χ3n) is 11.0. The molecule has 4 heteroatoms. The summed E-state index contributed by atoms with van der Waals surface area (Å²) in [4.78, 5) is 10.2. The second-order valence-electron chi connectivity index (χ2n) is 14.3. The highest BCUT2D eigenvalue weighted by molar-refractivity contribution is 6.29. The van der Waals surface area contributed by atoms with Crippen molar-refractivity contribution in [1.29, 1.82) is 0 Å². The topological polar surface area (TPSA) is 35.6 Å². The molecule has 0 spiro atoms. The second-order valence-corrected chi connectivity index (χ2v) is 14.3. The first-order chi connectivity index (χ1) is 27.2. The summed E-state index contributed by atoms with van der Waals surface area (Å²) in [6.07, 6.45) is 0. The van der Waals surface area contributed by atoms with Crippen LogP contribution < -0.4 is 0 Å². The van der Waals surface area contributed by atoms with E-state index in [9.17, 15) is 0 Å². The molecule has 8 aromatic carbocycles. The fourth-order valence-electron chi connectivity index (χ4n) is 8.37. The monoisotopic (exact) mass is 702 g/mol. The van der Waals surface area contributed by atoms with Crippen molar-refractivity contribution >= 4 is 54.4 Å². The summed E-state index contributed by atoms with van der Waals surface area (Å²) in [5, 5.41) is 7.35. The Morgan fingerprint density at radius 2 is 0.873 bits per heavy atom. The van der Waals surface area contributed by atoms with E-state index in [4.69, 9.17) is 9.97 Å². The molecule has 0 fully saturated rings. The van der Waals surface area contributed by atoms with Crippen LogP contribution in [-0.2, 0) is 0 Å². The van der Waals surface area contributed by atoms with Crippen molar-refractivity contribution in [3.63, 3.8) is 0 Å². The number of nitrogens with zero attached hydrogens (tertiary/aromatic N) is 4. The van der Waals surface area contributed by atoms with Gasteiger partial charge in [0.2, 0.25) is 0 Å². The molecule has 0 N–H and O–H groups in total. The minimum absolute atomic E-state index is 0.712. The minimum atomic E-state index is 0.712. The van der Waals surface area contributed by atoms with Crippen LogP contribution in [0, 0.1) is 6.92 Å². The van der Waals surface area contributed by atoms with Crippen molar-refractivity contribution < 1.29 is 0 Å². The molecule has 0 radical (unpaired) electrons. The average molecular weight is 703 g/mol. The molecule has 3 aromatic heterocycles. The van der Waals surface area contributed by atoms with E-state index in [-0.39, 0.29) is 0 Å². The van der Waals surface area contributed by atoms with Gasteiger partial charge in [-0.05, 0) is 78.4 Å². The summed E-state index contributed by atoms with van der Waals surface area (Å²) in [6.45, 7) is 2.11. The van der Waals surface area contributed by atoms with Crippen LogP contribution in [0.5, 0.6) is 0 Å². The first kappa shape index (κ1) is 31.2. The molecular weight excluding hydrogens is 669 g/mol. The number of hydrogen-bond donors (Lipinski definition) is 0. The molecule has 0 atom stereocenters. The lowest BCUT2D eigenvalue weighted by Crippen LogP contribution is -1.96. The van der Waals surface area contributed by atoms with E-state index in [1.807, 2.05) is 6.07 Å². The van der Waals surface area contributed by atoms with Gasteiger partial charge in [-0.1, -0.05) is 133 Å². The molecule has 11 aromatic rings. The lowest BCUT2D eigenvalue weighted by atomic mass is 10.0. The number of hydrogen-bond acceptors (Lipinski definition) is 2. The molecule has 258 valence electrons. The summed E-state index contributed by atoms with van der Waals surface area (Å²) < 4.78 is 4.82. The molecule has 0 bridgehead atoms. The van der Waals surface area contributed by atoms with E-state index in [0.29, 0.717) is 5.82 Å². The van der Waals surface area contributed by atoms with Gasteiger partial charge in [0.25, 0.3) is 0 Å². The van der Waals surface area contributed by atoms with Crippen LogP contribution in [0.25, 0.3) is 99.7 Å². The normalized spacial score (nSPS) is 11.7. The van der Waals surface area contributed by atoms with Crippen LogP contribution in [0.2, 0.25) is 0 Å². The van der Waals surface area contributed by atoms with Crippen molar-refractivity contribution in [3.05, 3.63) is 194 Å². The van der Waals surface area contributed by atoms with E-state index in [1.54, 1.807) is 0 Å². The van der Waals surface area contributed by atoms with Gasteiger partial charge in [0.05, 0.1) is 33.5 Å². The molecular formula is C51H34N4. The van der Waals surface area contributed by atoms with Gasteiger partial charge in [0.1, 0.15) is 0 Å². The Bertz CT molecular complexity index is 3250. The van der Waals surface area contributed by atoms with Gasteiger partial charge in [0, 0.05) is 49.6 Å². The van der Waals surface area contributed by atoms with E-state index in [1.165, 1.54) is 49.2 Å². The zero-order valence-corrected chi connectivity index (χ0v) is 30.2. The van der Waals surface area contributed by atoms with Crippen LogP contribution in [0.15, 0.2) is 188 Å². The third-order valence-corrected chi connectivity index (χ3v) is 11.0. The number of para-hydroxylation sites is 3. The Balaban J connectivity index is 1.08. The van der Waals surface area contributed by atoms with Gasteiger partial charge < -0.3 is 9.13 Å². The summed E-state index contributed by atoms with van der Waals surface area (Å²) >= 11 is 0. The lowest BCUT2D eigenvalue weighted by Gasteiger charge is -2.12. The van der Waals surface area contributed by atoms with Crippen molar-refractivity contribution in [2.75, 3.05) is 0 Å². The Morgan fingerprint density at radius 3 is 1.53 bits per heavy atom. The number of fused-ring (bicyclic) bond motifs is 8. The highest BCUT2D eigenvalue weighted by Gasteiger charge is 2.20. The molecule has 3 heterocycles. The molecule has 11 rings (SSSR count). The summed E-state index contributed by atoms with van der Waals surface area (Å²) in [5.74, 6) is 0.712. The fraction of sp³-hybridized carbons (Fsp3) is 0.0196. The Morgan fingerprint density at radius 1 is 0.364 bits per heavy atom.